The molecule has 0 aliphatic heterocycles. The van der Waals surface area contributed by atoms with Gasteiger partial charge in [-0.25, -0.2) is 4.79 Å². The molecule has 39 heavy (non-hydrogen) atoms. The number of benzene rings is 2. The molecule has 2 aromatic carbocycles. The number of amides is 4. The fraction of sp³-hybridized carbons (Fsp3) is 0.467. The van der Waals surface area contributed by atoms with Crippen molar-refractivity contribution in [1.82, 2.24) is 10.2 Å². The number of carbonyl (C=O) groups excluding carboxylic acids is 4. The number of primary amides is 1. The van der Waals surface area contributed by atoms with Gasteiger partial charge in [-0.15, -0.1) is 0 Å². The van der Waals surface area contributed by atoms with Gasteiger partial charge in [-0.3, -0.25) is 14.4 Å². The monoisotopic (exact) mass is 536 g/mol. The number of carbonyl (C=O) groups is 4. The Morgan fingerprint density at radius 1 is 1.03 bits per heavy atom. The standard InChI is InChI=1S/C30H40N4O5/c1-17-11-13-21(14-12-17)26(27(36)33-25-18(2)9-8-10-19(25)3)34(23-15-20(23)4)28(37)22(16-24(31)35)32-29(38)39-30(5,6)7/h8-14,20,22-23,26H,15-16H2,1-7H3,(H2,31,35)(H,32,38)(H,33,36). The first-order chi connectivity index (χ1) is 18.2. The number of nitrogens with two attached hydrogens (primary N) is 1. The molecule has 1 fully saturated rings. The molecule has 4 unspecified atom stereocenters. The van der Waals surface area contributed by atoms with Gasteiger partial charge >= 0.3 is 6.09 Å². The molecule has 0 radical (unpaired) electrons. The van der Waals surface area contributed by atoms with E-state index in [-0.39, 0.29) is 12.0 Å². The maximum absolute atomic E-state index is 14.1. The molecule has 0 aromatic heterocycles. The summed E-state index contributed by atoms with van der Waals surface area (Å²) in [5.74, 6) is -1.60. The van der Waals surface area contributed by atoms with E-state index in [0.717, 1.165) is 16.7 Å². The summed E-state index contributed by atoms with van der Waals surface area (Å²) in [7, 11) is 0. The average molecular weight is 537 g/mol. The van der Waals surface area contributed by atoms with Gasteiger partial charge in [-0.1, -0.05) is 55.0 Å². The molecule has 2 aromatic rings. The van der Waals surface area contributed by atoms with Crippen molar-refractivity contribution in [3.63, 3.8) is 0 Å². The highest BCUT2D eigenvalue weighted by atomic mass is 16.6. The Morgan fingerprint density at radius 3 is 2.08 bits per heavy atom. The van der Waals surface area contributed by atoms with Gasteiger partial charge in [0.15, 0.2) is 0 Å². The van der Waals surface area contributed by atoms with E-state index in [1.54, 1.807) is 20.8 Å². The topological polar surface area (TPSA) is 131 Å². The number of hydrogen-bond acceptors (Lipinski definition) is 5. The third kappa shape index (κ3) is 7.81. The van der Waals surface area contributed by atoms with Gasteiger partial charge in [0.05, 0.1) is 6.42 Å². The zero-order chi connectivity index (χ0) is 29.1. The molecule has 4 amide bonds. The number of rotatable bonds is 9. The molecule has 0 saturated heterocycles. The summed E-state index contributed by atoms with van der Waals surface area (Å²) in [6.45, 7) is 12.8. The van der Waals surface area contributed by atoms with Gasteiger partial charge < -0.3 is 26.0 Å². The van der Waals surface area contributed by atoms with Gasteiger partial charge in [0.25, 0.3) is 5.91 Å². The zero-order valence-electron chi connectivity index (χ0n) is 23.8. The minimum Gasteiger partial charge on any atom is -0.444 e. The van der Waals surface area contributed by atoms with E-state index in [9.17, 15) is 19.2 Å². The van der Waals surface area contributed by atoms with Crippen LogP contribution in [0, 0.1) is 26.7 Å². The SMILES string of the molecule is Cc1ccc(C(C(=O)Nc2c(C)cccc2C)N(C(=O)C(CC(N)=O)NC(=O)OC(C)(C)C)C2CC2C)cc1. The third-order valence-corrected chi connectivity index (χ3v) is 6.72. The number of aryl methyl sites for hydroxylation is 3. The summed E-state index contributed by atoms with van der Waals surface area (Å²) >= 11 is 0. The van der Waals surface area contributed by atoms with Crippen LogP contribution in [0.25, 0.3) is 0 Å². The Balaban J connectivity index is 2.05. The molecule has 0 bridgehead atoms. The van der Waals surface area contributed by atoms with Crippen molar-refractivity contribution in [2.24, 2.45) is 11.7 Å². The minimum atomic E-state index is -1.30. The first-order valence-electron chi connectivity index (χ1n) is 13.2. The van der Waals surface area contributed by atoms with E-state index in [0.29, 0.717) is 17.7 Å². The second-order valence-electron chi connectivity index (χ2n) is 11.5. The van der Waals surface area contributed by atoms with Crippen molar-refractivity contribution in [1.29, 1.82) is 0 Å². The van der Waals surface area contributed by atoms with E-state index >= 15 is 0 Å². The summed E-state index contributed by atoms with van der Waals surface area (Å²) < 4.78 is 5.34. The van der Waals surface area contributed by atoms with Crippen LogP contribution in [-0.2, 0) is 19.1 Å². The Kier molecular flexibility index (Phi) is 9.04. The van der Waals surface area contributed by atoms with Gasteiger partial charge in [0.2, 0.25) is 11.8 Å². The Labute approximate surface area is 230 Å². The number of nitrogens with zero attached hydrogens (tertiary/aromatic N) is 1. The predicted molar refractivity (Wildman–Crippen MR) is 150 cm³/mol. The second kappa shape index (κ2) is 11.9. The predicted octanol–water partition coefficient (Wildman–Crippen LogP) is 4.30. The summed E-state index contributed by atoms with van der Waals surface area (Å²) in [5.41, 5.74) is 8.74. The number of hydrogen-bond donors (Lipinski definition) is 3. The summed E-state index contributed by atoms with van der Waals surface area (Å²) in [5, 5.41) is 5.56. The van der Waals surface area contributed by atoms with Crippen LogP contribution in [0.3, 0.4) is 0 Å². The highest BCUT2D eigenvalue weighted by Gasteiger charge is 2.48. The van der Waals surface area contributed by atoms with Gasteiger partial charge in [0.1, 0.15) is 17.7 Å². The van der Waals surface area contributed by atoms with Crippen molar-refractivity contribution in [2.45, 2.75) is 85.0 Å². The van der Waals surface area contributed by atoms with Crippen LogP contribution in [0.5, 0.6) is 0 Å². The quantitative estimate of drug-likeness (QED) is 0.440. The van der Waals surface area contributed by atoms with E-state index in [4.69, 9.17) is 10.5 Å². The van der Waals surface area contributed by atoms with Gasteiger partial charge in [-0.05, 0) is 70.6 Å². The van der Waals surface area contributed by atoms with Crippen molar-refractivity contribution >= 4 is 29.5 Å². The highest BCUT2D eigenvalue weighted by molar-refractivity contribution is 6.00. The average Bonchev–Trinajstić information content (AvgIpc) is 3.54. The Bertz CT molecular complexity index is 1210. The fourth-order valence-electron chi connectivity index (χ4n) is 4.59. The first kappa shape index (κ1) is 29.7. The molecule has 1 aliphatic rings. The third-order valence-electron chi connectivity index (χ3n) is 6.72. The smallest absolute Gasteiger partial charge is 0.408 e. The normalized spacial score (nSPS) is 17.9. The van der Waals surface area contributed by atoms with E-state index in [2.05, 4.69) is 10.6 Å². The van der Waals surface area contributed by atoms with Gasteiger partial charge in [-0.2, -0.15) is 0 Å². The Morgan fingerprint density at radius 2 is 1.59 bits per heavy atom. The molecule has 3 rings (SSSR count). The molecule has 0 spiro atoms. The highest BCUT2D eigenvalue weighted by Crippen LogP contribution is 2.41. The first-order valence-corrected chi connectivity index (χ1v) is 13.2. The summed E-state index contributed by atoms with van der Waals surface area (Å²) in [6, 6.07) is 10.6. The minimum absolute atomic E-state index is 0.130. The number of alkyl carbamates (subject to hydrolysis) is 1. The van der Waals surface area contributed by atoms with Crippen LogP contribution in [-0.4, -0.2) is 46.4 Å². The van der Waals surface area contributed by atoms with Crippen LogP contribution in [0.4, 0.5) is 10.5 Å². The van der Waals surface area contributed by atoms with Crippen molar-refractivity contribution < 1.29 is 23.9 Å². The van der Waals surface area contributed by atoms with Crippen molar-refractivity contribution in [3.05, 3.63) is 64.7 Å². The maximum Gasteiger partial charge on any atom is 0.408 e. The molecule has 210 valence electrons. The lowest BCUT2D eigenvalue weighted by atomic mass is 9.99. The number of para-hydroxylation sites is 1. The number of ether oxygens (including phenoxy) is 1. The molecule has 1 aliphatic carbocycles. The molecule has 1 saturated carbocycles. The number of nitrogens with one attached hydrogen (secondary N) is 2. The molecule has 0 heterocycles. The molecular weight excluding hydrogens is 496 g/mol. The Hall–Kier alpha value is -3.88. The molecular formula is C30H40N4O5. The molecule has 9 heteroatoms. The van der Waals surface area contributed by atoms with Gasteiger partial charge in [0, 0.05) is 11.7 Å². The van der Waals surface area contributed by atoms with Crippen LogP contribution in [0.15, 0.2) is 42.5 Å². The van der Waals surface area contributed by atoms with Crippen LogP contribution < -0.4 is 16.4 Å². The molecule has 9 nitrogen and oxygen atoms in total. The molecule has 4 N–H and O–H groups in total. The maximum atomic E-state index is 14.1. The largest absolute Gasteiger partial charge is 0.444 e. The molecule has 4 atom stereocenters. The van der Waals surface area contributed by atoms with Crippen molar-refractivity contribution in [2.75, 3.05) is 5.32 Å². The van der Waals surface area contributed by atoms with E-state index in [1.165, 1.54) is 4.90 Å². The van der Waals surface area contributed by atoms with E-state index < -0.39 is 47.9 Å². The lowest BCUT2D eigenvalue weighted by Gasteiger charge is -2.35. The van der Waals surface area contributed by atoms with Crippen molar-refractivity contribution in [3.8, 4) is 0 Å². The summed E-state index contributed by atoms with van der Waals surface area (Å²) in [6.07, 6.45) is -0.604. The number of anilines is 1. The fourth-order valence-corrected chi connectivity index (χ4v) is 4.59. The lowest BCUT2D eigenvalue weighted by molar-refractivity contribution is -0.142. The van der Waals surface area contributed by atoms with Crippen LogP contribution in [0.2, 0.25) is 0 Å². The van der Waals surface area contributed by atoms with Crippen LogP contribution in [0.1, 0.15) is 68.8 Å². The summed E-state index contributed by atoms with van der Waals surface area (Å²) in [4.78, 5) is 54.3. The van der Waals surface area contributed by atoms with E-state index in [1.807, 2.05) is 70.2 Å². The zero-order valence-corrected chi connectivity index (χ0v) is 23.8. The van der Waals surface area contributed by atoms with Crippen LogP contribution >= 0.6 is 0 Å². The lowest BCUT2D eigenvalue weighted by Crippen LogP contribution is -2.54. The second-order valence-corrected chi connectivity index (χ2v) is 11.5.